The average molecular weight is 285 g/mol. The molecule has 0 amide bonds. The van der Waals surface area contributed by atoms with Gasteiger partial charge in [-0.1, -0.05) is 6.07 Å². The number of halogens is 1. The van der Waals surface area contributed by atoms with Gasteiger partial charge < -0.3 is 9.84 Å². The van der Waals surface area contributed by atoms with Gasteiger partial charge in [0.1, 0.15) is 18.2 Å². The molecule has 1 aliphatic heterocycles. The third kappa shape index (κ3) is 2.63. The monoisotopic (exact) mass is 285 g/mol. The molecule has 0 spiro atoms. The quantitative estimate of drug-likeness (QED) is 0.889. The number of ether oxygens (including phenoxy) is 1. The lowest BCUT2D eigenvalue weighted by atomic mass is 10.3. The van der Waals surface area contributed by atoms with E-state index >= 15 is 0 Å². The van der Waals surface area contributed by atoms with Gasteiger partial charge in [0.05, 0.1) is 6.20 Å². The number of nitrogens with zero attached hydrogens (tertiary/aromatic N) is 1. The van der Waals surface area contributed by atoms with Crippen LogP contribution in [0.1, 0.15) is 0 Å². The van der Waals surface area contributed by atoms with Crippen LogP contribution < -0.4 is 4.74 Å². The van der Waals surface area contributed by atoms with E-state index in [1.165, 1.54) is 18.2 Å². The van der Waals surface area contributed by atoms with Crippen molar-refractivity contribution in [1.29, 1.82) is 0 Å². The number of carbonyl (C=O) groups is 1. The van der Waals surface area contributed by atoms with Crippen LogP contribution in [0.3, 0.4) is 0 Å². The Labute approximate surface area is 107 Å². The highest BCUT2D eigenvalue weighted by atomic mass is 32.2. The molecule has 6 nitrogen and oxygen atoms in total. The summed E-state index contributed by atoms with van der Waals surface area (Å²) in [6, 6.07) is 5.13. The smallest absolute Gasteiger partial charge is 0.349 e. The Morgan fingerprint density at radius 2 is 2.16 bits per heavy atom. The average Bonchev–Trinajstić information content (AvgIpc) is 2.62. The van der Waals surface area contributed by atoms with Crippen molar-refractivity contribution in [3.05, 3.63) is 41.2 Å². The number of carboxylic acid groups (broad SMARTS) is 1. The molecule has 1 aromatic rings. The van der Waals surface area contributed by atoms with Crippen LogP contribution in [0.25, 0.3) is 0 Å². The van der Waals surface area contributed by atoms with Crippen molar-refractivity contribution in [2.75, 3.05) is 6.61 Å². The largest absolute Gasteiger partial charge is 0.486 e. The zero-order valence-electron chi connectivity index (χ0n) is 9.41. The van der Waals surface area contributed by atoms with E-state index in [1.807, 2.05) is 0 Å². The second kappa shape index (κ2) is 4.81. The number of aliphatic imine (C=N–C) groups is 1. The molecule has 2 rings (SSSR count). The van der Waals surface area contributed by atoms with Crippen LogP contribution in [0.2, 0.25) is 0 Å². The fourth-order valence-corrected chi connectivity index (χ4v) is 2.46. The molecule has 0 bridgehead atoms. The summed E-state index contributed by atoms with van der Waals surface area (Å²) in [6.07, 6.45) is 0.752. The topological polar surface area (TPSA) is 93.0 Å². The minimum atomic E-state index is -4.11. The van der Waals surface area contributed by atoms with Crippen LogP contribution in [0.4, 0.5) is 4.39 Å². The van der Waals surface area contributed by atoms with E-state index in [4.69, 9.17) is 9.84 Å². The van der Waals surface area contributed by atoms with Gasteiger partial charge >= 0.3 is 5.97 Å². The highest BCUT2D eigenvalue weighted by Gasteiger charge is 2.34. The zero-order valence-corrected chi connectivity index (χ0v) is 10.2. The maximum absolute atomic E-state index is 12.9. The first kappa shape index (κ1) is 13.2. The van der Waals surface area contributed by atoms with Gasteiger partial charge in [-0.05, 0) is 12.1 Å². The second-order valence-corrected chi connectivity index (χ2v) is 5.49. The summed E-state index contributed by atoms with van der Waals surface area (Å²) in [5, 5.41) is 8.26. The van der Waals surface area contributed by atoms with E-state index in [2.05, 4.69) is 4.99 Å². The van der Waals surface area contributed by atoms with Crippen molar-refractivity contribution in [2.45, 2.75) is 0 Å². The standard InChI is InChI=1S/C11H8FNO5S/c12-7-2-1-3-8(4-7)18-6-10-13-5-9(11(14)15)19(10,16)17/h1-5H,6H2,(H,14,15). The molecule has 1 N–H and O–H groups in total. The van der Waals surface area contributed by atoms with Gasteiger partial charge in [-0.25, -0.2) is 22.6 Å². The highest BCUT2D eigenvalue weighted by Crippen LogP contribution is 2.19. The molecule has 0 fully saturated rings. The first-order valence-electron chi connectivity index (χ1n) is 5.05. The van der Waals surface area contributed by atoms with Crippen LogP contribution in [-0.2, 0) is 14.6 Å². The highest BCUT2D eigenvalue weighted by molar-refractivity contribution is 8.10. The van der Waals surface area contributed by atoms with Crippen LogP contribution in [0, 0.1) is 5.82 Å². The molecule has 0 aromatic heterocycles. The van der Waals surface area contributed by atoms with E-state index < -0.39 is 38.2 Å². The van der Waals surface area contributed by atoms with Crippen molar-refractivity contribution in [2.24, 2.45) is 4.99 Å². The fourth-order valence-electron chi connectivity index (χ4n) is 1.38. The van der Waals surface area contributed by atoms with Gasteiger partial charge in [0.25, 0.3) is 0 Å². The number of aliphatic carboxylic acids is 1. The van der Waals surface area contributed by atoms with Gasteiger partial charge in [0.2, 0.25) is 9.84 Å². The molecule has 0 radical (unpaired) electrons. The third-order valence-electron chi connectivity index (χ3n) is 2.29. The van der Waals surface area contributed by atoms with Crippen LogP contribution >= 0.6 is 0 Å². The number of carboxylic acids is 1. The zero-order chi connectivity index (χ0) is 14.0. The normalized spacial score (nSPS) is 16.7. The summed E-state index contributed by atoms with van der Waals surface area (Å²) in [5.74, 6) is -1.98. The van der Waals surface area contributed by atoms with E-state index in [0.717, 1.165) is 12.3 Å². The lowest BCUT2D eigenvalue weighted by molar-refractivity contribution is -0.131. The summed E-state index contributed by atoms with van der Waals surface area (Å²) < 4.78 is 41.3. The Kier molecular flexibility index (Phi) is 3.34. The van der Waals surface area contributed by atoms with Crippen molar-refractivity contribution in [3.8, 4) is 5.75 Å². The lowest BCUT2D eigenvalue weighted by Gasteiger charge is -2.06. The van der Waals surface area contributed by atoms with E-state index in [0.29, 0.717) is 0 Å². The molecule has 0 aliphatic carbocycles. The molecule has 8 heteroatoms. The molecule has 1 aliphatic rings. The van der Waals surface area contributed by atoms with Gasteiger partial charge in [0, 0.05) is 6.07 Å². The van der Waals surface area contributed by atoms with Crippen LogP contribution in [-0.4, -0.2) is 31.1 Å². The summed E-state index contributed by atoms with van der Waals surface area (Å²) in [6.45, 7) is -0.459. The van der Waals surface area contributed by atoms with E-state index in [9.17, 15) is 17.6 Å². The molecule has 1 aromatic carbocycles. The lowest BCUT2D eigenvalue weighted by Crippen LogP contribution is -2.23. The number of benzene rings is 1. The molecular weight excluding hydrogens is 277 g/mol. The summed E-state index contributed by atoms with van der Waals surface area (Å²) in [5.41, 5.74) is 0. The van der Waals surface area contributed by atoms with Crippen LogP contribution in [0.15, 0.2) is 40.4 Å². The fraction of sp³-hybridized carbons (Fsp3) is 0.0909. The Morgan fingerprint density at radius 1 is 1.42 bits per heavy atom. The van der Waals surface area contributed by atoms with Crippen molar-refractivity contribution >= 4 is 20.9 Å². The molecule has 100 valence electrons. The molecule has 19 heavy (non-hydrogen) atoms. The van der Waals surface area contributed by atoms with Gasteiger partial charge in [0.15, 0.2) is 9.95 Å². The molecular formula is C11H8FNO5S. The minimum absolute atomic E-state index is 0.127. The Morgan fingerprint density at radius 3 is 2.74 bits per heavy atom. The van der Waals surface area contributed by atoms with Crippen molar-refractivity contribution in [3.63, 3.8) is 0 Å². The van der Waals surface area contributed by atoms with Crippen molar-refractivity contribution in [1.82, 2.24) is 0 Å². The Bertz CT molecular complexity index is 693. The SMILES string of the molecule is O=C(O)C1=CN=C(COc2cccc(F)c2)S1(=O)=O. The van der Waals surface area contributed by atoms with Crippen molar-refractivity contribution < 1.29 is 27.4 Å². The molecule has 0 atom stereocenters. The number of hydrogen-bond acceptors (Lipinski definition) is 5. The first-order chi connectivity index (χ1) is 8.91. The maximum atomic E-state index is 12.9. The van der Waals surface area contributed by atoms with Gasteiger partial charge in [-0.15, -0.1) is 0 Å². The maximum Gasteiger partial charge on any atom is 0.349 e. The number of sulfone groups is 1. The number of rotatable bonds is 4. The number of hydrogen-bond donors (Lipinski definition) is 1. The second-order valence-electron chi connectivity index (χ2n) is 3.57. The van der Waals surface area contributed by atoms with Gasteiger partial charge in [-0.2, -0.15) is 0 Å². The van der Waals surface area contributed by atoms with E-state index in [-0.39, 0.29) is 5.75 Å². The Balaban J connectivity index is 2.09. The van der Waals surface area contributed by atoms with E-state index in [1.54, 1.807) is 0 Å². The Hall–Kier alpha value is -2.22. The molecule has 1 heterocycles. The summed E-state index contributed by atoms with van der Waals surface area (Å²) in [7, 11) is -4.11. The summed E-state index contributed by atoms with van der Waals surface area (Å²) in [4.78, 5) is 13.4. The summed E-state index contributed by atoms with van der Waals surface area (Å²) >= 11 is 0. The predicted molar refractivity (Wildman–Crippen MR) is 64.0 cm³/mol. The molecule has 0 saturated carbocycles. The third-order valence-corrected chi connectivity index (χ3v) is 4.00. The predicted octanol–water partition coefficient (Wildman–Crippen LogP) is 0.957. The molecule has 0 unspecified atom stereocenters. The van der Waals surface area contributed by atoms with Crippen LogP contribution in [0.5, 0.6) is 5.75 Å². The van der Waals surface area contributed by atoms with Gasteiger partial charge in [-0.3, -0.25) is 0 Å². The minimum Gasteiger partial charge on any atom is -0.486 e. The first-order valence-corrected chi connectivity index (χ1v) is 6.53. The molecule has 0 saturated heterocycles.